The zero-order valence-electron chi connectivity index (χ0n) is 7.34. The lowest BCUT2D eigenvalue weighted by molar-refractivity contribution is -0.137. The standard InChI is InChI=1S/C8H7F3N2O.ClH/c9-8(10,11)6-4-2-1-3-5(6)7(14)13-12;/h1-4H,12H2,(H,13,14);1H. The summed E-state index contributed by atoms with van der Waals surface area (Å²) in [6.45, 7) is 0. The molecule has 0 aliphatic rings. The fourth-order valence-corrected chi connectivity index (χ4v) is 1.01. The number of hydrogen-bond acceptors (Lipinski definition) is 2. The molecule has 0 heterocycles. The van der Waals surface area contributed by atoms with E-state index >= 15 is 0 Å². The first kappa shape index (κ1) is 13.7. The molecule has 0 spiro atoms. The van der Waals surface area contributed by atoms with E-state index in [0.717, 1.165) is 12.1 Å². The van der Waals surface area contributed by atoms with Gasteiger partial charge in [-0.2, -0.15) is 13.2 Å². The Morgan fingerprint density at radius 2 is 1.80 bits per heavy atom. The van der Waals surface area contributed by atoms with E-state index in [1.165, 1.54) is 12.1 Å². The molecule has 84 valence electrons. The number of nitrogens with one attached hydrogen (secondary N) is 1. The number of hydrazine groups is 1. The van der Waals surface area contributed by atoms with Gasteiger partial charge in [0, 0.05) is 0 Å². The first-order valence-electron chi connectivity index (χ1n) is 3.64. The summed E-state index contributed by atoms with van der Waals surface area (Å²) in [6.07, 6.45) is -4.55. The predicted octanol–water partition coefficient (Wildman–Crippen LogP) is 1.73. The molecule has 1 rings (SSSR count). The first-order chi connectivity index (χ1) is 6.46. The van der Waals surface area contributed by atoms with Crippen LogP contribution in [0.4, 0.5) is 13.2 Å². The Hall–Kier alpha value is -1.27. The van der Waals surface area contributed by atoms with Crippen molar-refractivity contribution < 1.29 is 18.0 Å². The lowest BCUT2D eigenvalue weighted by atomic mass is 10.1. The van der Waals surface area contributed by atoms with Crippen LogP contribution in [-0.4, -0.2) is 5.91 Å². The molecular weight excluding hydrogens is 233 g/mol. The minimum atomic E-state index is -4.55. The molecule has 0 atom stereocenters. The number of nitrogens with two attached hydrogens (primary N) is 1. The van der Waals surface area contributed by atoms with Crippen LogP contribution < -0.4 is 11.3 Å². The van der Waals surface area contributed by atoms with Gasteiger partial charge in [0.25, 0.3) is 5.91 Å². The molecule has 0 fully saturated rings. The van der Waals surface area contributed by atoms with E-state index in [1.807, 2.05) is 0 Å². The largest absolute Gasteiger partial charge is 0.417 e. The van der Waals surface area contributed by atoms with Crippen LogP contribution in [0.2, 0.25) is 0 Å². The minimum absolute atomic E-state index is 0. The second-order valence-corrected chi connectivity index (χ2v) is 2.52. The normalized spacial score (nSPS) is 10.4. The first-order valence-corrected chi connectivity index (χ1v) is 3.64. The van der Waals surface area contributed by atoms with E-state index in [9.17, 15) is 18.0 Å². The lowest BCUT2D eigenvalue weighted by Gasteiger charge is -2.10. The van der Waals surface area contributed by atoms with Gasteiger partial charge in [-0.1, -0.05) is 12.1 Å². The molecule has 1 aromatic carbocycles. The molecule has 3 nitrogen and oxygen atoms in total. The molecule has 0 aliphatic heterocycles. The third kappa shape index (κ3) is 3.10. The van der Waals surface area contributed by atoms with E-state index in [-0.39, 0.29) is 12.4 Å². The minimum Gasteiger partial charge on any atom is -0.290 e. The maximum Gasteiger partial charge on any atom is 0.417 e. The molecule has 0 unspecified atom stereocenters. The zero-order valence-corrected chi connectivity index (χ0v) is 8.15. The van der Waals surface area contributed by atoms with Gasteiger partial charge in [0.2, 0.25) is 0 Å². The lowest BCUT2D eigenvalue weighted by Crippen LogP contribution is -2.31. The van der Waals surface area contributed by atoms with Crippen molar-refractivity contribution in [1.29, 1.82) is 0 Å². The van der Waals surface area contributed by atoms with Crippen molar-refractivity contribution in [3.63, 3.8) is 0 Å². The zero-order chi connectivity index (χ0) is 10.8. The Balaban J connectivity index is 0.00000196. The highest BCUT2D eigenvalue weighted by Crippen LogP contribution is 2.31. The quantitative estimate of drug-likeness (QED) is 0.446. The third-order valence-corrected chi connectivity index (χ3v) is 1.61. The van der Waals surface area contributed by atoms with Crippen LogP contribution in [-0.2, 0) is 6.18 Å². The highest BCUT2D eigenvalue weighted by Gasteiger charge is 2.34. The van der Waals surface area contributed by atoms with Crippen LogP contribution in [0.15, 0.2) is 24.3 Å². The maximum absolute atomic E-state index is 12.3. The number of hydrogen-bond donors (Lipinski definition) is 2. The van der Waals surface area contributed by atoms with Gasteiger partial charge in [0.15, 0.2) is 0 Å². The number of benzene rings is 1. The number of nitrogen functional groups attached to an aromatic ring is 1. The van der Waals surface area contributed by atoms with Crippen LogP contribution in [0.5, 0.6) is 0 Å². The fraction of sp³-hybridized carbons (Fsp3) is 0.125. The van der Waals surface area contributed by atoms with E-state index < -0.39 is 23.2 Å². The topological polar surface area (TPSA) is 55.1 Å². The van der Waals surface area contributed by atoms with Crippen LogP contribution >= 0.6 is 12.4 Å². The van der Waals surface area contributed by atoms with Gasteiger partial charge in [-0.15, -0.1) is 12.4 Å². The summed E-state index contributed by atoms with van der Waals surface area (Å²) in [5.41, 5.74) is 0.174. The second-order valence-electron chi connectivity index (χ2n) is 2.52. The van der Waals surface area contributed by atoms with Crippen molar-refractivity contribution in [3.05, 3.63) is 35.4 Å². The van der Waals surface area contributed by atoms with Gasteiger partial charge in [0.05, 0.1) is 11.1 Å². The highest BCUT2D eigenvalue weighted by atomic mass is 35.5. The van der Waals surface area contributed by atoms with Crippen LogP contribution in [0.25, 0.3) is 0 Å². The van der Waals surface area contributed by atoms with Gasteiger partial charge < -0.3 is 0 Å². The third-order valence-electron chi connectivity index (χ3n) is 1.61. The van der Waals surface area contributed by atoms with Crippen molar-refractivity contribution >= 4 is 18.3 Å². The van der Waals surface area contributed by atoms with Crippen molar-refractivity contribution in [2.75, 3.05) is 0 Å². The second kappa shape index (κ2) is 4.99. The Labute approximate surface area is 89.8 Å². The molecule has 7 heteroatoms. The Morgan fingerprint density at radius 3 is 2.27 bits per heavy atom. The number of halogens is 4. The highest BCUT2D eigenvalue weighted by molar-refractivity contribution is 5.95. The van der Waals surface area contributed by atoms with Crippen molar-refractivity contribution in [2.24, 2.45) is 5.84 Å². The van der Waals surface area contributed by atoms with E-state index in [1.54, 1.807) is 5.43 Å². The molecule has 0 aromatic heterocycles. The SMILES string of the molecule is Cl.NNC(=O)c1ccccc1C(F)(F)F. The molecule has 1 aromatic rings. The monoisotopic (exact) mass is 240 g/mol. The molecule has 0 saturated heterocycles. The smallest absolute Gasteiger partial charge is 0.290 e. The Kier molecular flexibility index (Phi) is 4.57. The Bertz CT molecular complexity index is 354. The predicted molar refractivity (Wildman–Crippen MR) is 50.3 cm³/mol. The molecule has 0 bridgehead atoms. The summed E-state index contributed by atoms with van der Waals surface area (Å²) in [5.74, 6) is 3.79. The molecule has 1 amide bonds. The number of alkyl halides is 3. The van der Waals surface area contributed by atoms with Crippen LogP contribution in [0.1, 0.15) is 15.9 Å². The summed E-state index contributed by atoms with van der Waals surface area (Å²) in [7, 11) is 0. The number of amides is 1. The van der Waals surface area contributed by atoms with Gasteiger partial charge >= 0.3 is 6.18 Å². The van der Waals surface area contributed by atoms with Gasteiger partial charge in [-0.3, -0.25) is 10.2 Å². The van der Waals surface area contributed by atoms with Crippen LogP contribution in [0.3, 0.4) is 0 Å². The fourth-order valence-electron chi connectivity index (χ4n) is 1.01. The maximum atomic E-state index is 12.3. The number of carbonyl (C=O) groups excluding carboxylic acids is 1. The Morgan fingerprint density at radius 1 is 1.27 bits per heavy atom. The van der Waals surface area contributed by atoms with Crippen molar-refractivity contribution in [2.45, 2.75) is 6.18 Å². The molecular formula is C8H8ClF3N2O. The number of carbonyl (C=O) groups is 1. The molecule has 3 N–H and O–H groups in total. The molecule has 15 heavy (non-hydrogen) atoms. The summed E-state index contributed by atoms with van der Waals surface area (Å²) in [6, 6.07) is 4.42. The summed E-state index contributed by atoms with van der Waals surface area (Å²) in [5, 5.41) is 0. The molecule has 0 aliphatic carbocycles. The summed E-state index contributed by atoms with van der Waals surface area (Å²) < 4.78 is 37.0. The van der Waals surface area contributed by atoms with E-state index in [4.69, 9.17) is 5.84 Å². The molecule has 0 radical (unpaired) electrons. The van der Waals surface area contributed by atoms with Gasteiger partial charge in [-0.05, 0) is 12.1 Å². The van der Waals surface area contributed by atoms with E-state index in [0.29, 0.717) is 0 Å². The number of rotatable bonds is 1. The summed E-state index contributed by atoms with van der Waals surface area (Å²) in [4.78, 5) is 10.9. The average molecular weight is 241 g/mol. The van der Waals surface area contributed by atoms with Gasteiger partial charge in [0.1, 0.15) is 0 Å². The summed E-state index contributed by atoms with van der Waals surface area (Å²) >= 11 is 0. The van der Waals surface area contributed by atoms with Crippen LogP contribution in [0, 0.1) is 0 Å². The van der Waals surface area contributed by atoms with Crippen molar-refractivity contribution in [1.82, 2.24) is 5.43 Å². The van der Waals surface area contributed by atoms with Gasteiger partial charge in [-0.25, -0.2) is 5.84 Å². The van der Waals surface area contributed by atoms with E-state index in [2.05, 4.69) is 0 Å². The van der Waals surface area contributed by atoms with Crippen molar-refractivity contribution in [3.8, 4) is 0 Å². The molecule has 0 saturated carbocycles. The average Bonchev–Trinajstić information content (AvgIpc) is 2.15.